The van der Waals surface area contributed by atoms with Crippen molar-refractivity contribution in [3.63, 3.8) is 0 Å². The van der Waals surface area contributed by atoms with E-state index in [2.05, 4.69) is 10.6 Å². The number of nitrogens with zero attached hydrogens (tertiary/aromatic N) is 1. The summed E-state index contributed by atoms with van der Waals surface area (Å²) in [4.78, 5) is 11.1. The minimum atomic E-state index is -0.412. The quantitative estimate of drug-likeness (QED) is 0.500. The van der Waals surface area contributed by atoms with E-state index in [-0.39, 0.29) is 11.7 Å². The van der Waals surface area contributed by atoms with Gasteiger partial charge in [0.15, 0.2) is 0 Å². The molecule has 0 radical (unpaired) electrons. The lowest BCUT2D eigenvalue weighted by molar-refractivity contribution is -0.384. The van der Waals surface area contributed by atoms with Gasteiger partial charge in [0.25, 0.3) is 5.69 Å². The minimum Gasteiger partial charge on any atom is -0.376 e. The summed E-state index contributed by atoms with van der Waals surface area (Å²) >= 11 is 5.33. The van der Waals surface area contributed by atoms with Gasteiger partial charge in [-0.05, 0) is 11.6 Å². The first-order valence-corrected chi connectivity index (χ1v) is 6.94. The van der Waals surface area contributed by atoms with Crippen molar-refractivity contribution < 1.29 is 4.92 Å². The van der Waals surface area contributed by atoms with Crippen LogP contribution in [0.2, 0.25) is 0 Å². The standard InChI is InChI=1S/C15H13N3O2S/c19-18(20)11-6-7-12-14(8-11)17-15(21)9-13(16-12)10-4-2-1-3-5-10/h1-8,13,16H,9H2,(H,17,21). The predicted octanol–water partition coefficient (Wildman–Crippen LogP) is 3.89. The Bertz CT molecular complexity index is 703. The summed E-state index contributed by atoms with van der Waals surface area (Å²) in [6, 6.07) is 14.8. The molecular formula is C15H13N3O2S. The second-order valence-electron chi connectivity index (χ2n) is 4.85. The van der Waals surface area contributed by atoms with Gasteiger partial charge in [-0.1, -0.05) is 42.5 Å². The molecule has 2 N–H and O–H groups in total. The van der Waals surface area contributed by atoms with Crippen molar-refractivity contribution in [1.82, 2.24) is 0 Å². The molecule has 1 aliphatic heterocycles. The highest BCUT2D eigenvalue weighted by atomic mass is 32.1. The molecule has 6 heteroatoms. The van der Waals surface area contributed by atoms with Gasteiger partial charge in [-0.3, -0.25) is 10.1 Å². The molecule has 0 aromatic heterocycles. The molecular weight excluding hydrogens is 286 g/mol. The van der Waals surface area contributed by atoms with Crippen LogP contribution in [0.1, 0.15) is 18.0 Å². The summed E-state index contributed by atoms with van der Waals surface area (Å²) in [6.45, 7) is 0. The van der Waals surface area contributed by atoms with E-state index in [1.807, 2.05) is 30.3 Å². The van der Waals surface area contributed by atoms with Crippen molar-refractivity contribution >= 4 is 34.3 Å². The van der Waals surface area contributed by atoms with Crippen LogP contribution in [-0.2, 0) is 0 Å². The third kappa shape index (κ3) is 2.85. The number of nitro groups is 1. The second-order valence-corrected chi connectivity index (χ2v) is 5.34. The Hall–Kier alpha value is -2.47. The normalized spacial score (nSPS) is 17.1. The van der Waals surface area contributed by atoms with Crippen molar-refractivity contribution in [2.75, 3.05) is 10.6 Å². The van der Waals surface area contributed by atoms with Crippen molar-refractivity contribution in [1.29, 1.82) is 0 Å². The van der Waals surface area contributed by atoms with Crippen LogP contribution in [0.5, 0.6) is 0 Å². The molecule has 3 rings (SSSR count). The SMILES string of the molecule is O=[N+]([O-])c1ccc2c(c1)NC(=S)CC(c1ccccc1)N2. The van der Waals surface area contributed by atoms with Crippen LogP contribution in [0.4, 0.5) is 17.1 Å². The lowest BCUT2D eigenvalue weighted by Crippen LogP contribution is -2.14. The Morgan fingerprint density at radius 2 is 1.90 bits per heavy atom. The largest absolute Gasteiger partial charge is 0.376 e. The summed E-state index contributed by atoms with van der Waals surface area (Å²) < 4.78 is 0. The Balaban J connectivity index is 1.97. The monoisotopic (exact) mass is 299 g/mol. The van der Waals surface area contributed by atoms with E-state index < -0.39 is 4.92 Å². The highest BCUT2D eigenvalue weighted by Crippen LogP contribution is 2.34. The zero-order valence-corrected chi connectivity index (χ0v) is 11.9. The summed E-state index contributed by atoms with van der Waals surface area (Å²) in [6.07, 6.45) is 0.641. The maximum absolute atomic E-state index is 10.9. The number of hydrogen-bond donors (Lipinski definition) is 2. The first-order valence-electron chi connectivity index (χ1n) is 6.53. The van der Waals surface area contributed by atoms with Gasteiger partial charge in [0, 0.05) is 18.6 Å². The van der Waals surface area contributed by atoms with E-state index in [1.54, 1.807) is 6.07 Å². The Kier molecular flexibility index (Phi) is 3.53. The van der Waals surface area contributed by atoms with Crippen LogP contribution < -0.4 is 10.6 Å². The van der Waals surface area contributed by atoms with Gasteiger partial charge < -0.3 is 10.6 Å². The fraction of sp³-hybridized carbons (Fsp3) is 0.133. The fourth-order valence-corrected chi connectivity index (χ4v) is 2.66. The molecule has 0 fully saturated rings. The molecule has 1 unspecified atom stereocenters. The number of nitrogens with one attached hydrogen (secondary N) is 2. The lowest BCUT2D eigenvalue weighted by Gasteiger charge is -2.17. The molecule has 0 saturated heterocycles. The summed E-state index contributed by atoms with van der Waals surface area (Å²) in [5.74, 6) is 0. The Morgan fingerprint density at radius 1 is 1.14 bits per heavy atom. The highest BCUT2D eigenvalue weighted by molar-refractivity contribution is 7.80. The predicted molar refractivity (Wildman–Crippen MR) is 86.7 cm³/mol. The van der Waals surface area contributed by atoms with Gasteiger partial charge in [0.1, 0.15) is 0 Å². The molecule has 0 bridgehead atoms. The van der Waals surface area contributed by atoms with Crippen molar-refractivity contribution in [2.45, 2.75) is 12.5 Å². The van der Waals surface area contributed by atoms with E-state index in [4.69, 9.17) is 12.2 Å². The van der Waals surface area contributed by atoms with Crippen molar-refractivity contribution in [3.05, 3.63) is 64.2 Å². The number of fused-ring (bicyclic) bond motifs is 1. The topological polar surface area (TPSA) is 67.2 Å². The van der Waals surface area contributed by atoms with Crippen LogP contribution in [0.25, 0.3) is 0 Å². The first kappa shape index (κ1) is 13.5. The first-order chi connectivity index (χ1) is 10.1. The van der Waals surface area contributed by atoms with E-state index in [1.165, 1.54) is 12.1 Å². The zero-order chi connectivity index (χ0) is 14.8. The molecule has 1 aliphatic rings. The molecule has 0 spiro atoms. The van der Waals surface area contributed by atoms with E-state index >= 15 is 0 Å². The van der Waals surface area contributed by atoms with Crippen LogP contribution in [-0.4, -0.2) is 9.91 Å². The number of benzene rings is 2. The van der Waals surface area contributed by atoms with Gasteiger partial charge in [-0.25, -0.2) is 0 Å². The molecule has 1 atom stereocenters. The van der Waals surface area contributed by atoms with Crippen LogP contribution in [0, 0.1) is 10.1 Å². The third-order valence-corrected chi connectivity index (χ3v) is 3.68. The lowest BCUT2D eigenvalue weighted by atomic mass is 10.0. The number of anilines is 2. The number of hydrogen-bond acceptors (Lipinski definition) is 4. The summed E-state index contributed by atoms with van der Waals surface area (Å²) in [5, 5.41) is 17.3. The van der Waals surface area contributed by atoms with Gasteiger partial charge in [-0.15, -0.1) is 0 Å². The van der Waals surface area contributed by atoms with Crippen LogP contribution >= 0.6 is 12.2 Å². The van der Waals surface area contributed by atoms with Crippen LogP contribution in [0.15, 0.2) is 48.5 Å². The molecule has 0 saturated carbocycles. The number of non-ortho nitro benzene ring substituents is 1. The maximum atomic E-state index is 10.9. The Morgan fingerprint density at radius 3 is 2.62 bits per heavy atom. The molecule has 106 valence electrons. The third-order valence-electron chi connectivity index (χ3n) is 3.41. The van der Waals surface area contributed by atoms with Crippen molar-refractivity contribution in [2.24, 2.45) is 0 Å². The Labute approximate surface area is 127 Å². The van der Waals surface area contributed by atoms with Crippen molar-refractivity contribution in [3.8, 4) is 0 Å². The average Bonchev–Trinajstić information content (AvgIpc) is 2.65. The smallest absolute Gasteiger partial charge is 0.271 e. The highest BCUT2D eigenvalue weighted by Gasteiger charge is 2.21. The summed E-state index contributed by atoms with van der Waals surface area (Å²) in [7, 11) is 0. The average molecular weight is 299 g/mol. The van der Waals surface area contributed by atoms with Crippen LogP contribution in [0.3, 0.4) is 0 Å². The zero-order valence-electron chi connectivity index (χ0n) is 11.1. The van der Waals surface area contributed by atoms with E-state index in [9.17, 15) is 10.1 Å². The van der Waals surface area contributed by atoms with E-state index in [0.717, 1.165) is 11.3 Å². The molecule has 0 amide bonds. The van der Waals surface area contributed by atoms with Gasteiger partial charge >= 0.3 is 0 Å². The molecule has 2 aromatic rings. The van der Waals surface area contributed by atoms with Gasteiger partial charge in [0.05, 0.1) is 27.3 Å². The second kappa shape index (κ2) is 5.49. The molecule has 0 aliphatic carbocycles. The van der Waals surface area contributed by atoms with Gasteiger partial charge in [0.2, 0.25) is 0 Å². The summed E-state index contributed by atoms with van der Waals surface area (Å²) in [5.41, 5.74) is 2.64. The van der Waals surface area contributed by atoms with E-state index in [0.29, 0.717) is 17.1 Å². The molecule has 2 aromatic carbocycles. The molecule has 1 heterocycles. The number of nitro benzene ring substituents is 1. The fourth-order valence-electron chi connectivity index (χ4n) is 2.39. The number of rotatable bonds is 2. The molecule has 5 nitrogen and oxygen atoms in total. The maximum Gasteiger partial charge on any atom is 0.271 e. The molecule has 21 heavy (non-hydrogen) atoms. The van der Waals surface area contributed by atoms with Gasteiger partial charge in [-0.2, -0.15) is 0 Å². The minimum absolute atomic E-state index is 0.0454. The number of thiocarbonyl (C=S) groups is 1.